The Balaban J connectivity index is 0.00000158. The molecule has 1 fully saturated rings. The number of hydrogen-bond donors (Lipinski definition) is 0. The first-order valence-electron chi connectivity index (χ1n) is 11.3. The van der Waals surface area contributed by atoms with Crippen molar-refractivity contribution in [3.63, 3.8) is 0 Å². The molecule has 1 atom stereocenters. The number of hydrogen-bond acceptors (Lipinski definition) is 7. The van der Waals surface area contributed by atoms with Crippen LogP contribution in [-0.4, -0.2) is 75.1 Å². The summed E-state index contributed by atoms with van der Waals surface area (Å²) in [5.74, 6) is -0.0744. The molecule has 3 heterocycles. The van der Waals surface area contributed by atoms with E-state index in [-0.39, 0.29) is 17.9 Å². The number of hydroxylamine groups is 2. The normalized spacial score (nSPS) is 15.2. The van der Waals surface area contributed by atoms with Crippen molar-refractivity contribution in [1.29, 1.82) is 0 Å². The zero-order valence-electron chi connectivity index (χ0n) is 19.9. The Labute approximate surface area is 199 Å². The molecule has 1 aliphatic heterocycles. The molecule has 2 amide bonds. The van der Waals surface area contributed by atoms with Gasteiger partial charge in [-0.25, -0.2) is 10.0 Å². The molecule has 0 aliphatic carbocycles. The lowest BCUT2D eigenvalue weighted by molar-refractivity contribution is -0.0757. The van der Waals surface area contributed by atoms with Gasteiger partial charge in [-0.15, -0.1) is 0 Å². The van der Waals surface area contributed by atoms with Gasteiger partial charge in [0, 0.05) is 31.4 Å². The number of pyridine rings is 1. The number of para-hydroxylation sites is 1. The summed E-state index contributed by atoms with van der Waals surface area (Å²) in [6.07, 6.45) is 6.00. The van der Waals surface area contributed by atoms with Crippen LogP contribution >= 0.6 is 0 Å². The Kier molecular flexibility index (Phi) is 8.69. The third kappa shape index (κ3) is 5.76. The molecule has 180 valence electrons. The summed E-state index contributed by atoms with van der Waals surface area (Å²) < 4.78 is 6.03. The number of carbonyl (C=O) groups excluding carboxylic acids is 2. The summed E-state index contributed by atoms with van der Waals surface area (Å²) >= 11 is 0. The van der Waals surface area contributed by atoms with Crippen LogP contribution in [0.3, 0.4) is 0 Å². The van der Waals surface area contributed by atoms with E-state index >= 15 is 0 Å². The number of rotatable bonds is 6. The number of piperidine rings is 1. The lowest BCUT2D eigenvalue weighted by Crippen LogP contribution is -2.44. The molecule has 1 unspecified atom stereocenters. The largest absolute Gasteiger partial charge is 0.472 e. The van der Waals surface area contributed by atoms with Crippen molar-refractivity contribution < 1.29 is 19.2 Å². The van der Waals surface area contributed by atoms with Gasteiger partial charge in [-0.3, -0.25) is 14.4 Å². The number of ether oxygens (including phenoxy) is 1. The Morgan fingerprint density at radius 2 is 1.82 bits per heavy atom. The molecule has 4 rings (SSSR count). The van der Waals surface area contributed by atoms with E-state index in [1.54, 1.807) is 35.5 Å². The summed E-state index contributed by atoms with van der Waals surface area (Å²) in [4.78, 5) is 38.0. The van der Waals surface area contributed by atoms with E-state index in [4.69, 9.17) is 9.57 Å². The van der Waals surface area contributed by atoms with Crippen LogP contribution in [0.15, 0.2) is 55.0 Å². The van der Waals surface area contributed by atoms with E-state index in [1.807, 2.05) is 32.0 Å². The first-order chi connectivity index (χ1) is 16.6. The minimum Gasteiger partial charge on any atom is -0.472 e. The Hall–Kier alpha value is -3.79. The molecule has 10 nitrogen and oxygen atoms in total. The highest BCUT2D eigenvalue weighted by Crippen LogP contribution is 2.22. The fourth-order valence-corrected chi connectivity index (χ4v) is 3.60. The highest BCUT2D eigenvalue weighted by atomic mass is 16.7. The SMILES string of the molecule is CC.CON(C)C(=O)c1ccnc(OC2CCCN(C(=O)c3ccccc3-n3nccn3)C2)c1. The molecule has 0 radical (unpaired) electrons. The summed E-state index contributed by atoms with van der Waals surface area (Å²) in [6, 6.07) is 10.4. The first-order valence-corrected chi connectivity index (χ1v) is 11.3. The van der Waals surface area contributed by atoms with Gasteiger partial charge in [-0.05, 0) is 31.0 Å². The van der Waals surface area contributed by atoms with Crippen molar-refractivity contribution in [1.82, 2.24) is 29.9 Å². The zero-order chi connectivity index (χ0) is 24.5. The number of nitrogens with zero attached hydrogens (tertiary/aromatic N) is 6. The predicted molar refractivity (Wildman–Crippen MR) is 126 cm³/mol. The summed E-state index contributed by atoms with van der Waals surface area (Å²) in [5.41, 5.74) is 1.56. The predicted octanol–water partition coefficient (Wildman–Crippen LogP) is 3.01. The number of carbonyl (C=O) groups is 2. The molecule has 2 aromatic heterocycles. The first kappa shape index (κ1) is 24.8. The van der Waals surface area contributed by atoms with Gasteiger partial charge < -0.3 is 9.64 Å². The number of aromatic nitrogens is 4. The van der Waals surface area contributed by atoms with E-state index in [0.717, 1.165) is 17.9 Å². The highest BCUT2D eigenvalue weighted by Gasteiger charge is 2.28. The van der Waals surface area contributed by atoms with Gasteiger partial charge in [0.25, 0.3) is 11.8 Å². The maximum absolute atomic E-state index is 13.3. The molecule has 34 heavy (non-hydrogen) atoms. The van der Waals surface area contributed by atoms with Crippen LogP contribution in [0.25, 0.3) is 5.69 Å². The molecule has 1 aliphatic rings. The van der Waals surface area contributed by atoms with Crippen molar-refractivity contribution in [3.8, 4) is 11.6 Å². The third-order valence-electron chi connectivity index (χ3n) is 5.26. The van der Waals surface area contributed by atoms with Crippen LogP contribution in [0.5, 0.6) is 5.88 Å². The third-order valence-corrected chi connectivity index (χ3v) is 5.26. The summed E-state index contributed by atoms with van der Waals surface area (Å²) in [6.45, 7) is 5.04. The van der Waals surface area contributed by atoms with Crippen molar-refractivity contribution in [2.75, 3.05) is 27.2 Å². The number of likely N-dealkylation sites (tertiary alicyclic amines) is 1. The topological polar surface area (TPSA) is 103 Å². The smallest absolute Gasteiger partial charge is 0.277 e. The van der Waals surface area contributed by atoms with Gasteiger partial charge >= 0.3 is 0 Å². The van der Waals surface area contributed by atoms with E-state index in [0.29, 0.717) is 35.8 Å². The maximum atomic E-state index is 13.3. The molecule has 1 saturated heterocycles. The average molecular weight is 467 g/mol. The highest BCUT2D eigenvalue weighted by molar-refractivity contribution is 5.97. The molecule has 0 N–H and O–H groups in total. The van der Waals surface area contributed by atoms with Crippen molar-refractivity contribution in [3.05, 3.63) is 66.1 Å². The Bertz CT molecular complexity index is 1090. The van der Waals surface area contributed by atoms with Crippen LogP contribution in [-0.2, 0) is 4.84 Å². The number of amides is 2. The van der Waals surface area contributed by atoms with E-state index < -0.39 is 0 Å². The lowest BCUT2D eigenvalue weighted by Gasteiger charge is -2.33. The molecule has 0 spiro atoms. The Morgan fingerprint density at radius 3 is 2.56 bits per heavy atom. The molecular weight excluding hydrogens is 436 g/mol. The molecule has 1 aromatic carbocycles. The average Bonchev–Trinajstić information content (AvgIpc) is 3.44. The van der Waals surface area contributed by atoms with E-state index in [2.05, 4.69) is 15.2 Å². The van der Waals surface area contributed by atoms with Crippen LogP contribution in [0, 0.1) is 0 Å². The zero-order valence-corrected chi connectivity index (χ0v) is 19.9. The lowest BCUT2D eigenvalue weighted by atomic mass is 10.1. The monoisotopic (exact) mass is 466 g/mol. The summed E-state index contributed by atoms with van der Waals surface area (Å²) in [5, 5.41) is 9.43. The minimum atomic E-state index is -0.302. The van der Waals surface area contributed by atoms with Gasteiger partial charge in [-0.2, -0.15) is 15.0 Å². The molecule has 10 heteroatoms. The molecule has 3 aromatic rings. The standard InChI is InChI=1S/C22H24N6O4.C2H6/c1-26(31-2)21(29)16-9-10-23-20(14-16)32-17-6-5-13-27(15-17)22(30)18-7-3-4-8-19(18)28-24-11-12-25-28;1-2/h3-4,7-12,14,17H,5-6,13,15H2,1-2H3;1-2H3. The second-order valence-corrected chi connectivity index (χ2v) is 7.34. The van der Waals surface area contributed by atoms with Gasteiger partial charge in [-0.1, -0.05) is 26.0 Å². The van der Waals surface area contributed by atoms with Gasteiger partial charge in [0.2, 0.25) is 5.88 Å². The summed E-state index contributed by atoms with van der Waals surface area (Å²) in [7, 11) is 2.95. The second kappa shape index (κ2) is 11.9. The Morgan fingerprint density at radius 1 is 1.09 bits per heavy atom. The van der Waals surface area contributed by atoms with Crippen molar-refractivity contribution >= 4 is 11.8 Å². The molecule has 0 saturated carbocycles. The van der Waals surface area contributed by atoms with Crippen LogP contribution in [0.4, 0.5) is 0 Å². The quantitative estimate of drug-likeness (QED) is 0.515. The van der Waals surface area contributed by atoms with E-state index in [1.165, 1.54) is 25.2 Å². The van der Waals surface area contributed by atoms with Crippen molar-refractivity contribution in [2.24, 2.45) is 0 Å². The second-order valence-electron chi connectivity index (χ2n) is 7.34. The van der Waals surface area contributed by atoms with Crippen molar-refractivity contribution in [2.45, 2.75) is 32.8 Å². The van der Waals surface area contributed by atoms with Crippen LogP contribution in [0.1, 0.15) is 47.4 Å². The van der Waals surface area contributed by atoms with Crippen LogP contribution < -0.4 is 4.74 Å². The number of benzene rings is 1. The van der Waals surface area contributed by atoms with Gasteiger partial charge in [0.15, 0.2) is 0 Å². The van der Waals surface area contributed by atoms with Gasteiger partial charge in [0.05, 0.1) is 37.3 Å². The minimum absolute atomic E-state index is 0.107. The maximum Gasteiger partial charge on any atom is 0.277 e. The van der Waals surface area contributed by atoms with E-state index in [9.17, 15) is 9.59 Å². The molecule has 0 bridgehead atoms. The van der Waals surface area contributed by atoms with Gasteiger partial charge in [0.1, 0.15) is 6.10 Å². The van der Waals surface area contributed by atoms with Crippen LogP contribution in [0.2, 0.25) is 0 Å². The molecular formula is C24H30N6O4. The fraction of sp³-hybridized carbons (Fsp3) is 0.375. The fourth-order valence-electron chi connectivity index (χ4n) is 3.60.